The number of H-pyrrole nitrogens is 1. The highest BCUT2D eigenvalue weighted by atomic mass is 16.5. The predicted molar refractivity (Wildman–Crippen MR) is 114 cm³/mol. The molecule has 2 atom stereocenters. The number of aromatic amines is 1. The first-order valence-corrected chi connectivity index (χ1v) is 10.4. The van der Waals surface area contributed by atoms with Gasteiger partial charge in [-0.1, -0.05) is 24.3 Å². The van der Waals surface area contributed by atoms with Gasteiger partial charge in [0.1, 0.15) is 18.1 Å². The normalized spacial score (nSPS) is 21.4. The van der Waals surface area contributed by atoms with Crippen molar-refractivity contribution in [3.63, 3.8) is 0 Å². The number of imidazole rings is 1. The Labute approximate surface area is 174 Å². The number of hydrogen-bond acceptors (Lipinski definition) is 4. The summed E-state index contributed by atoms with van der Waals surface area (Å²) in [4.78, 5) is 37.4. The molecule has 5 rings (SSSR count). The van der Waals surface area contributed by atoms with Crippen LogP contribution in [0.1, 0.15) is 31.5 Å². The van der Waals surface area contributed by atoms with Crippen LogP contribution in [0.4, 0.5) is 5.69 Å². The number of ether oxygens (including phenoxy) is 1. The van der Waals surface area contributed by atoms with Crippen molar-refractivity contribution in [1.29, 1.82) is 0 Å². The highest BCUT2D eigenvalue weighted by Crippen LogP contribution is 2.34. The summed E-state index contributed by atoms with van der Waals surface area (Å²) in [7, 11) is 0. The molecule has 2 aliphatic rings. The molecule has 154 valence electrons. The number of hydrogen-bond donors (Lipinski definition) is 1. The number of benzene rings is 2. The van der Waals surface area contributed by atoms with Crippen molar-refractivity contribution in [3.05, 3.63) is 54.4 Å². The molecule has 2 unspecified atom stereocenters. The number of carbonyl (C=O) groups excluding carboxylic acids is 2. The Hall–Kier alpha value is -3.35. The summed E-state index contributed by atoms with van der Waals surface area (Å²) in [5, 5.41) is 0. The Morgan fingerprint density at radius 3 is 2.87 bits per heavy atom. The van der Waals surface area contributed by atoms with Crippen molar-refractivity contribution < 1.29 is 14.3 Å². The molecular weight excluding hydrogens is 380 g/mol. The van der Waals surface area contributed by atoms with Crippen LogP contribution in [0.25, 0.3) is 11.0 Å². The molecule has 0 aliphatic carbocycles. The van der Waals surface area contributed by atoms with Crippen molar-refractivity contribution in [3.8, 4) is 5.75 Å². The summed E-state index contributed by atoms with van der Waals surface area (Å²) in [6, 6.07) is 15.3. The summed E-state index contributed by atoms with van der Waals surface area (Å²) in [5.41, 5.74) is 2.61. The van der Waals surface area contributed by atoms with Gasteiger partial charge in [-0.25, -0.2) is 4.98 Å². The summed E-state index contributed by atoms with van der Waals surface area (Å²) >= 11 is 0. The van der Waals surface area contributed by atoms with Gasteiger partial charge in [0.2, 0.25) is 5.91 Å². The molecule has 0 saturated carbocycles. The van der Waals surface area contributed by atoms with E-state index < -0.39 is 6.10 Å². The Kier molecular flexibility index (Phi) is 4.65. The summed E-state index contributed by atoms with van der Waals surface area (Å²) < 4.78 is 5.68. The number of fused-ring (bicyclic) bond motifs is 2. The lowest BCUT2D eigenvalue weighted by atomic mass is 9.97. The van der Waals surface area contributed by atoms with Crippen molar-refractivity contribution in [2.45, 2.75) is 31.8 Å². The monoisotopic (exact) mass is 404 g/mol. The second-order valence-corrected chi connectivity index (χ2v) is 7.97. The first-order chi connectivity index (χ1) is 14.6. The quantitative estimate of drug-likeness (QED) is 0.728. The van der Waals surface area contributed by atoms with Crippen LogP contribution >= 0.6 is 0 Å². The summed E-state index contributed by atoms with van der Waals surface area (Å²) in [6.45, 7) is 3.05. The third kappa shape index (κ3) is 3.30. The van der Waals surface area contributed by atoms with Gasteiger partial charge in [0, 0.05) is 19.0 Å². The van der Waals surface area contributed by atoms with E-state index in [9.17, 15) is 9.59 Å². The molecule has 2 aromatic carbocycles. The van der Waals surface area contributed by atoms with Gasteiger partial charge in [0.25, 0.3) is 5.91 Å². The maximum absolute atomic E-state index is 13.1. The number of carbonyl (C=O) groups is 2. The molecule has 1 fully saturated rings. The molecule has 1 N–H and O–H groups in total. The van der Waals surface area contributed by atoms with Gasteiger partial charge in [-0.3, -0.25) is 14.5 Å². The Balaban J connectivity index is 1.33. The second-order valence-electron chi connectivity index (χ2n) is 7.97. The number of rotatable bonds is 3. The molecule has 0 bridgehead atoms. The minimum Gasteiger partial charge on any atom is -0.479 e. The van der Waals surface area contributed by atoms with Gasteiger partial charge < -0.3 is 14.6 Å². The van der Waals surface area contributed by atoms with Gasteiger partial charge in [-0.2, -0.15) is 0 Å². The lowest BCUT2D eigenvalue weighted by molar-refractivity contribution is -0.134. The predicted octanol–water partition coefficient (Wildman–Crippen LogP) is 3.08. The van der Waals surface area contributed by atoms with E-state index in [1.807, 2.05) is 53.4 Å². The first-order valence-electron chi connectivity index (χ1n) is 10.4. The van der Waals surface area contributed by atoms with E-state index in [-0.39, 0.29) is 24.3 Å². The third-order valence-electron chi connectivity index (χ3n) is 5.94. The molecule has 1 aromatic heterocycles. The Bertz CT molecular complexity index is 1080. The number of amides is 2. The molecular formula is C23H24N4O3. The fourth-order valence-corrected chi connectivity index (χ4v) is 4.35. The molecule has 0 spiro atoms. The SMILES string of the molecule is CC1Oc2ccccc2N(CC(=O)N2CCCC(c3nc4ccccc4[nH]3)C2)C1=O. The number of likely N-dealkylation sites (tertiary alicyclic amines) is 1. The molecule has 2 amide bonds. The highest BCUT2D eigenvalue weighted by molar-refractivity contribution is 6.03. The van der Waals surface area contributed by atoms with E-state index in [1.165, 1.54) is 0 Å². The van der Waals surface area contributed by atoms with E-state index >= 15 is 0 Å². The zero-order chi connectivity index (χ0) is 20.7. The number of piperidine rings is 1. The van der Waals surface area contributed by atoms with E-state index in [0.29, 0.717) is 24.5 Å². The average Bonchev–Trinajstić information content (AvgIpc) is 3.21. The number of aromatic nitrogens is 2. The van der Waals surface area contributed by atoms with Gasteiger partial charge in [-0.15, -0.1) is 0 Å². The molecule has 30 heavy (non-hydrogen) atoms. The standard InChI is InChI=1S/C23H24N4O3/c1-15-23(29)27(19-10-4-5-11-20(19)30-15)14-21(28)26-12-6-7-16(13-26)22-24-17-8-2-3-9-18(17)25-22/h2-5,8-11,15-16H,6-7,12-14H2,1H3,(H,24,25). The Morgan fingerprint density at radius 1 is 1.20 bits per heavy atom. The van der Waals surface area contributed by atoms with E-state index in [4.69, 9.17) is 9.72 Å². The van der Waals surface area contributed by atoms with Crippen molar-refractivity contribution >= 4 is 28.5 Å². The second kappa shape index (κ2) is 7.48. The Morgan fingerprint density at radius 2 is 2.00 bits per heavy atom. The first kappa shape index (κ1) is 18.7. The minimum absolute atomic E-state index is 0.0242. The minimum atomic E-state index is -0.600. The lowest BCUT2D eigenvalue weighted by Gasteiger charge is -2.36. The van der Waals surface area contributed by atoms with E-state index in [1.54, 1.807) is 11.8 Å². The molecule has 1 saturated heterocycles. The summed E-state index contributed by atoms with van der Waals surface area (Å²) in [5.74, 6) is 1.49. The number of anilines is 1. The van der Waals surface area contributed by atoms with Crippen LogP contribution in [0.2, 0.25) is 0 Å². The molecule has 0 radical (unpaired) electrons. The number of nitrogens with zero attached hydrogens (tertiary/aromatic N) is 3. The van der Waals surface area contributed by atoms with Crippen molar-refractivity contribution in [2.75, 3.05) is 24.5 Å². The zero-order valence-electron chi connectivity index (χ0n) is 16.9. The summed E-state index contributed by atoms with van der Waals surface area (Å²) in [6.07, 6.45) is 1.30. The van der Waals surface area contributed by atoms with Crippen LogP contribution in [0.3, 0.4) is 0 Å². The van der Waals surface area contributed by atoms with Crippen LogP contribution in [-0.2, 0) is 9.59 Å². The van der Waals surface area contributed by atoms with Crippen molar-refractivity contribution in [2.24, 2.45) is 0 Å². The van der Waals surface area contributed by atoms with Crippen LogP contribution in [0.5, 0.6) is 5.75 Å². The van der Waals surface area contributed by atoms with Gasteiger partial charge in [0.15, 0.2) is 6.10 Å². The smallest absolute Gasteiger partial charge is 0.268 e. The maximum Gasteiger partial charge on any atom is 0.268 e. The van der Waals surface area contributed by atoms with Crippen LogP contribution in [0, 0.1) is 0 Å². The van der Waals surface area contributed by atoms with Crippen molar-refractivity contribution in [1.82, 2.24) is 14.9 Å². The lowest BCUT2D eigenvalue weighted by Crippen LogP contribution is -2.51. The number of para-hydroxylation sites is 4. The van der Waals surface area contributed by atoms with Crippen LogP contribution < -0.4 is 9.64 Å². The maximum atomic E-state index is 13.1. The van der Waals surface area contributed by atoms with Gasteiger partial charge >= 0.3 is 0 Å². The molecule has 7 nitrogen and oxygen atoms in total. The fraction of sp³-hybridized carbons (Fsp3) is 0.348. The highest BCUT2D eigenvalue weighted by Gasteiger charge is 2.34. The molecule has 2 aliphatic heterocycles. The number of nitrogens with one attached hydrogen (secondary N) is 1. The van der Waals surface area contributed by atoms with Crippen LogP contribution in [0.15, 0.2) is 48.5 Å². The molecule has 7 heteroatoms. The average molecular weight is 404 g/mol. The molecule has 3 heterocycles. The largest absolute Gasteiger partial charge is 0.479 e. The van der Waals surface area contributed by atoms with E-state index in [0.717, 1.165) is 29.7 Å². The molecule has 3 aromatic rings. The third-order valence-corrected chi connectivity index (χ3v) is 5.94. The van der Waals surface area contributed by atoms with Gasteiger partial charge in [-0.05, 0) is 44.0 Å². The van der Waals surface area contributed by atoms with E-state index in [2.05, 4.69) is 4.98 Å². The fourth-order valence-electron chi connectivity index (χ4n) is 4.35. The topological polar surface area (TPSA) is 78.5 Å². The zero-order valence-corrected chi connectivity index (χ0v) is 16.9. The van der Waals surface area contributed by atoms with Crippen LogP contribution in [-0.4, -0.2) is 52.4 Å². The van der Waals surface area contributed by atoms with Gasteiger partial charge in [0.05, 0.1) is 16.7 Å².